The van der Waals surface area contributed by atoms with Crippen molar-refractivity contribution in [3.63, 3.8) is 0 Å². The van der Waals surface area contributed by atoms with Gasteiger partial charge in [-0.25, -0.2) is 0 Å². The van der Waals surface area contributed by atoms with E-state index in [0.717, 1.165) is 17.8 Å². The number of nitrogens with zero attached hydrogens (tertiary/aromatic N) is 1. The SMILES string of the molecule is CC(=O)NC(CC(C)C)C(=O)N1CCNc2ccccc2C1. The van der Waals surface area contributed by atoms with Gasteiger partial charge in [-0.15, -0.1) is 0 Å². The summed E-state index contributed by atoms with van der Waals surface area (Å²) in [4.78, 5) is 26.0. The highest BCUT2D eigenvalue weighted by Gasteiger charge is 2.27. The number of carbonyl (C=O) groups excluding carboxylic acids is 2. The summed E-state index contributed by atoms with van der Waals surface area (Å²) >= 11 is 0. The number of nitrogens with one attached hydrogen (secondary N) is 2. The zero-order chi connectivity index (χ0) is 16.1. The summed E-state index contributed by atoms with van der Waals surface area (Å²) in [5.74, 6) is 0.188. The van der Waals surface area contributed by atoms with Gasteiger partial charge in [0.15, 0.2) is 0 Å². The van der Waals surface area contributed by atoms with Gasteiger partial charge >= 0.3 is 0 Å². The molecule has 1 aromatic rings. The standard InChI is InChI=1S/C17H25N3O2/c1-12(2)10-16(19-13(3)21)17(22)20-9-8-18-15-7-5-4-6-14(15)11-20/h4-7,12,16,18H,8-11H2,1-3H3,(H,19,21). The van der Waals surface area contributed by atoms with Crippen LogP contribution in [0.4, 0.5) is 5.69 Å². The summed E-state index contributed by atoms with van der Waals surface area (Å²) in [6.45, 7) is 7.51. The predicted octanol–water partition coefficient (Wildman–Crippen LogP) is 1.99. The number of carbonyl (C=O) groups is 2. The van der Waals surface area contributed by atoms with Crippen molar-refractivity contribution in [3.8, 4) is 0 Å². The summed E-state index contributed by atoms with van der Waals surface area (Å²) in [5, 5.41) is 6.15. The van der Waals surface area contributed by atoms with Crippen molar-refractivity contribution in [1.82, 2.24) is 10.2 Å². The molecule has 0 saturated carbocycles. The Hall–Kier alpha value is -2.04. The van der Waals surface area contributed by atoms with Crippen LogP contribution in [0.1, 0.15) is 32.8 Å². The first-order chi connectivity index (χ1) is 10.5. The number of rotatable bonds is 4. The monoisotopic (exact) mass is 303 g/mol. The Morgan fingerprint density at radius 3 is 2.73 bits per heavy atom. The molecule has 1 aliphatic heterocycles. The lowest BCUT2D eigenvalue weighted by molar-refractivity contribution is -0.136. The predicted molar refractivity (Wildman–Crippen MR) is 87.4 cm³/mol. The van der Waals surface area contributed by atoms with Gasteiger partial charge < -0.3 is 15.5 Å². The van der Waals surface area contributed by atoms with Gasteiger partial charge in [-0.3, -0.25) is 9.59 Å². The lowest BCUT2D eigenvalue weighted by atomic mass is 10.0. The fourth-order valence-corrected chi connectivity index (χ4v) is 2.79. The largest absolute Gasteiger partial charge is 0.383 e. The van der Waals surface area contributed by atoms with Crippen LogP contribution < -0.4 is 10.6 Å². The molecule has 5 heteroatoms. The van der Waals surface area contributed by atoms with Gasteiger partial charge in [0.2, 0.25) is 11.8 Å². The third-order valence-corrected chi connectivity index (χ3v) is 3.77. The Kier molecular flexibility index (Phi) is 5.41. The van der Waals surface area contributed by atoms with E-state index in [-0.39, 0.29) is 11.8 Å². The fraction of sp³-hybridized carbons (Fsp3) is 0.529. The van der Waals surface area contributed by atoms with Gasteiger partial charge in [-0.05, 0) is 24.0 Å². The van der Waals surface area contributed by atoms with E-state index in [4.69, 9.17) is 0 Å². The molecule has 0 spiro atoms. The summed E-state index contributed by atoms with van der Waals surface area (Å²) < 4.78 is 0. The van der Waals surface area contributed by atoms with Crippen LogP contribution in [0.15, 0.2) is 24.3 Å². The van der Waals surface area contributed by atoms with Crippen molar-refractivity contribution < 1.29 is 9.59 Å². The van der Waals surface area contributed by atoms with Crippen molar-refractivity contribution in [1.29, 1.82) is 0 Å². The second-order valence-electron chi connectivity index (χ2n) is 6.23. The summed E-state index contributed by atoms with van der Waals surface area (Å²) in [7, 11) is 0. The van der Waals surface area contributed by atoms with Gasteiger partial charge in [0.05, 0.1) is 0 Å². The minimum Gasteiger partial charge on any atom is -0.383 e. The Labute approximate surface area is 132 Å². The quantitative estimate of drug-likeness (QED) is 0.894. The minimum absolute atomic E-state index is 0.00223. The molecule has 120 valence electrons. The molecule has 0 aromatic heterocycles. The molecule has 1 atom stereocenters. The van der Waals surface area contributed by atoms with Gasteiger partial charge in [0.1, 0.15) is 6.04 Å². The van der Waals surface area contributed by atoms with Crippen molar-refractivity contribution >= 4 is 17.5 Å². The Morgan fingerprint density at radius 1 is 1.32 bits per heavy atom. The van der Waals surface area contributed by atoms with E-state index in [1.54, 1.807) is 0 Å². The Bertz CT molecular complexity index is 542. The second-order valence-corrected chi connectivity index (χ2v) is 6.23. The smallest absolute Gasteiger partial charge is 0.245 e. The minimum atomic E-state index is -0.442. The van der Waals surface area contributed by atoms with Gasteiger partial charge in [-0.1, -0.05) is 32.0 Å². The molecule has 1 heterocycles. The number of para-hydroxylation sites is 1. The highest BCUT2D eigenvalue weighted by Crippen LogP contribution is 2.20. The van der Waals surface area contributed by atoms with E-state index in [1.807, 2.05) is 29.2 Å². The normalized spacial score (nSPS) is 15.5. The average molecular weight is 303 g/mol. The van der Waals surface area contributed by atoms with Crippen molar-refractivity contribution in [3.05, 3.63) is 29.8 Å². The molecule has 2 N–H and O–H groups in total. The highest BCUT2D eigenvalue weighted by molar-refractivity contribution is 5.87. The van der Waals surface area contributed by atoms with Crippen LogP contribution in [-0.4, -0.2) is 35.8 Å². The summed E-state index contributed by atoms with van der Waals surface area (Å²) in [6.07, 6.45) is 0.657. The zero-order valence-electron chi connectivity index (χ0n) is 13.6. The molecule has 1 unspecified atom stereocenters. The molecule has 2 rings (SSSR count). The Balaban J connectivity index is 2.14. The summed E-state index contributed by atoms with van der Waals surface area (Å²) in [6, 6.07) is 7.59. The average Bonchev–Trinajstić information content (AvgIpc) is 2.66. The van der Waals surface area contributed by atoms with Gasteiger partial charge in [-0.2, -0.15) is 0 Å². The van der Waals surface area contributed by atoms with Crippen molar-refractivity contribution in [2.75, 3.05) is 18.4 Å². The molecule has 0 radical (unpaired) electrons. The van der Waals surface area contributed by atoms with E-state index in [2.05, 4.69) is 24.5 Å². The molecule has 0 aliphatic carbocycles. The molecule has 0 saturated heterocycles. The molecule has 0 bridgehead atoms. The van der Waals surface area contributed by atoms with Gasteiger partial charge in [0, 0.05) is 32.2 Å². The first-order valence-electron chi connectivity index (χ1n) is 7.85. The number of anilines is 1. The van der Waals surface area contributed by atoms with Crippen LogP contribution in [0.5, 0.6) is 0 Å². The Morgan fingerprint density at radius 2 is 2.05 bits per heavy atom. The number of benzene rings is 1. The lowest BCUT2D eigenvalue weighted by Crippen LogP contribution is -2.49. The number of fused-ring (bicyclic) bond motifs is 1. The highest BCUT2D eigenvalue weighted by atomic mass is 16.2. The molecule has 1 aliphatic rings. The molecule has 0 fully saturated rings. The van der Waals surface area contributed by atoms with Crippen LogP contribution in [-0.2, 0) is 16.1 Å². The molecule has 1 aromatic carbocycles. The van der Waals surface area contributed by atoms with Crippen LogP contribution in [0, 0.1) is 5.92 Å². The number of hydrogen-bond donors (Lipinski definition) is 2. The third-order valence-electron chi connectivity index (χ3n) is 3.77. The van der Waals surface area contributed by atoms with Crippen LogP contribution in [0.2, 0.25) is 0 Å². The number of hydrogen-bond acceptors (Lipinski definition) is 3. The van der Waals surface area contributed by atoms with E-state index in [0.29, 0.717) is 25.4 Å². The third kappa shape index (κ3) is 4.23. The van der Waals surface area contributed by atoms with Crippen LogP contribution in [0.3, 0.4) is 0 Å². The first kappa shape index (κ1) is 16.3. The second kappa shape index (κ2) is 7.29. The fourth-order valence-electron chi connectivity index (χ4n) is 2.79. The van der Waals surface area contributed by atoms with Crippen molar-refractivity contribution in [2.24, 2.45) is 5.92 Å². The first-order valence-corrected chi connectivity index (χ1v) is 7.85. The zero-order valence-corrected chi connectivity index (χ0v) is 13.6. The van der Waals surface area contributed by atoms with E-state index >= 15 is 0 Å². The van der Waals surface area contributed by atoms with Crippen LogP contribution in [0.25, 0.3) is 0 Å². The molecule has 2 amide bonds. The molecule has 22 heavy (non-hydrogen) atoms. The maximum atomic E-state index is 12.8. The molecular formula is C17H25N3O2. The molecular weight excluding hydrogens is 278 g/mol. The maximum absolute atomic E-state index is 12.8. The molecule has 5 nitrogen and oxygen atoms in total. The number of amides is 2. The van der Waals surface area contributed by atoms with Crippen molar-refractivity contribution in [2.45, 2.75) is 39.8 Å². The van der Waals surface area contributed by atoms with Crippen LogP contribution >= 0.6 is 0 Å². The van der Waals surface area contributed by atoms with E-state index in [9.17, 15) is 9.59 Å². The lowest BCUT2D eigenvalue weighted by Gasteiger charge is -2.27. The maximum Gasteiger partial charge on any atom is 0.245 e. The van der Waals surface area contributed by atoms with Gasteiger partial charge in [0.25, 0.3) is 0 Å². The topological polar surface area (TPSA) is 61.4 Å². The summed E-state index contributed by atoms with van der Waals surface area (Å²) in [5.41, 5.74) is 2.19. The van der Waals surface area contributed by atoms with E-state index in [1.165, 1.54) is 6.92 Å². The van der Waals surface area contributed by atoms with E-state index < -0.39 is 6.04 Å².